The van der Waals surface area contributed by atoms with Crippen molar-refractivity contribution in [1.82, 2.24) is 9.62 Å². The van der Waals surface area contributed by atoms with Crippen LogP contribution in [0.15, 0.2) is 23.1 Å². The summed E-state index contributed by atoms with van der Waals surface area (Å²) in [6.45, 7) is 6.13. The molecule has 0 unspecified atom stereocenters. The SMILES string of the molecule is CCNC(=O)[C@H](C)[NH+]1CCN(S(=O)(=O)c2cc(Cl)ccc2Cl)CC1. The van der Waals surface area contributed by atoms with Crippen LogP contribution in [0.1, 0.15) is 13.8 Å². The molecule has 1 aromatic carbocycles. The molecule has 0 saturated carbocycles. The first kappa shape index (κ1) is 19.5. The third kappa shape index (κ3) is 4.21. The highest BCUT2D eigenvalue weighted by molar-refractivity contribution is 7.89. The smallest absolute Gasteiger partial charge is 0.278 e. The van der Waals surface area contributed by atoms with E-state index in [1.165, 1.54) is 16.4 Å². The summed E-state index contributed by atoms with van der Waals surface area (Å²) >= 11 is 11.9. The lowest BCUT2D eigenvalue weighted by Gasteiger charge is -2.34. The summed E-state index contributed by atoms with van der Waals surface area (Å²) in [7, 11) is -3.69. The highest BCUT2D eigenvalue weighted by Gasteiger charge is 2.35. The molecule has 1 amide bonds. The van der Waals surface area contributed by atoms with Crippen molar-refractivity contribution in [3.63, 3.8) is 0 Å². The van der Waals surface area contributed by atoms with Crippen LogP contribution in [0.25, 0.3) is 0 Å². The molecule has 1 aliphatic rings. The van der Waals surface area contributed by atoms with Crippen LogP contribution in [0.5, 0.6) is 0 Å². The van der Waals surface area contributed by atoms with E-state index in [1.54, 1.807) is 6.07 Å². The van der Waals surface area contributed by atoms with Crippen LogP contribution in [0.3, 0.4) is 0 Å². The number of quaternary nitrogens is 1. The Morgan fingerprint density at radius 3 is 2.54 bits per heavy atom. The number of piperazine rings is 1. The van der Waals surface area contributed by atoms with E-state index >= 15 is 0 Å². The van der Waals surface area contributed by atoms with E-state index in [1.807, 2.05) is 13.8 Å². The van der Waals surface area contributed by atoms with Gasteiger partial charge < -0.3 is 10.2 Å². The predicted molar refractivity (Wildman–Crippen MR) is 94.1 cm³/mol. The van der Waals surface area contributed by atoms with Crippen molar-refractivity contribution in [2.45, 2.75) is 24.8 Å². The van der Waals surface area contributed by atoms with Gasteiger partial charge in [-0.15, -0.1) is 0 Å². The lowest BCUT2D eigenvalue weighted by molar-refractivity contribution is -0.917. The number of sulfonamides is 1. The molecule has 0 bridgehead atoms. The Bertz CT molecular complexity index is 704. The van der Waals surface area contributed by atoms with Gasteiger partial charge in [0.25, 0.3) is 5.91 Å². The molecule has 1 aromatic rings. The second-order valence-corrected chi connectivity index (χ2v) is 8.50. The predicted octanol–water partition coefficient (Wildman–Crippen LogP) is 0.407. The normalized spacial score (nSPS) is 18.3. The maximum Gasteiger partial charge on any atom is 0.278 e. The van der Waals surface area contributed by atoms with Crippen LogP contribution in [-0.4, -0.2) is 57.4 Å². The van der Waals surface area contributed by atoms with Gasteiger partial charge >= 0.3 is 0 Å². The van der Waals surface area contributed by atoms with Crippen molar-refractivity contribution in [3.05, 3.63) is 28.2 Å². The first-order chi connectivity index (χ1) is 11.3. The lowest BCUT2D eigenvalue weighted by atomic mass is 10.2. The van der Waals surface area contributed by atoms with Crippen LogP contribution in [0, 0.1) is 0 Å². The molecule has 1 fully saturated rings. The third-order valence-electron chi connectivity index (χ3n) is 4.23. The Labute approximate surface area is 152 Å². The zero-order valence-corrected chi connectivity index (χ0v) is 16.0. The molecule has 9 heteroatoms. The molecule has 1 heterocycles. The maximum atomic E-state index is 12.8. The fourth-order valence-electron chi connectivity index (χ4n) is 2.77. The Hall–Kier alpha value is -0.860. The highest BCUT2D eigenvalue weighted by Crippen LogP contribution is 2.27. The molecule has 2 rings (SSSR count). The number of rotatable bonds is 5. The van der Waals surface area contributed by atoms with E-state index in [0.717, 1.165) is 4.90 Å². The fourth-order valence-corrected chi connectivity index (χ4v) is 4.95. The molecule has 0 aromatic heterocycles. The summed E-state index contributed by atoms with van der Waals surface area (Å²) in [4.78, 5) is 13.0. The van der Waals surface area contributed by atoms with Gasteiger partial charge in [0.2, 0.25) is 10.0 Å². The molecule has 134 valence electrons. The van der Waals surface area contributed by atoms with Gasteiger partial charge in [0.1, 0.15) is 4.90 Å². The van der Waals surface area contributed by atoms with E-state index in [-0.39, 0.29) is 21.9 Å². The summed E-state index contributed by atoms with van der Waals surface area (Å²) < 4.78 is 26.9. The fraction of sp³-hybridized carbons (Fsp3) is 0.533. The molecule has 0 aliphatic carbocycles. The van der Waals surface area contributed by atoms with Crippen LogP contribution in [-0.2, 0) is 14.8 Å². The number of benzene rings is 1. The average Bonchev–Trinajstić information content (AvgIpc) is 2.56. The minimum absolute atomic E-state index is 0.0123. The number of carbonyl (C=O) groups is 1. The quantitative estimate of drug-likeness (QED) is 0.759. The second kappa shape index (κ2) is 8.01. The van der Waals surface area contributed by atoms with Gasteiger partial charge in [-0.25, -0.2) is 8.42 Å². The zero-order chi connectivity index (χ0) is 17.9. The molecule has 1 aliphatic heterocycles. The molecular weight excluding hydrogens is 373 g/mol. The lowest BCUT2D eigenvalue weighted by Crippen LogP contribution is -3.19. The Kier molecular flexibility index (Phi) is 6.50. The van der Waals surface area contributed by atoms with Crippen LogP contribution in [0.4, 0.5) is 0 Å². The zero-order valence-electron chi connectivity index (χ0n) is 13.7. The Balaban J connectivity index is 2.08. The van der Waals surface area contributed by atoms with Gasteiger partial charge in [-0.3, -0.25) is 4.79 Å². The highest BCUT2D eigenvalue weighted by atomic mass is 35.5. The first-order valence-electron chi connectivity index (χ1n) is 7.85. The minimum atomic E-state index is -3.69. The molecule has 0 spiro atoms. The number of hydrogen-bond acceptors (Lipinski definition) is 3. The molecule has 1 atom stereocenters. The molecule has 24 heavy (non-hydrogen) atoms. The summed E-state index contributed by atoms with van der Waals surface area (Å²) in [6, 6.07) is 4.20. The molecule has 6 nitrogen and oxygen atoms in total. The number of carbonyl (C=O) groups excluding carboxylic acids is 1. The largest absolute Gasteiger partial charge is 0.351 e. The number of amides is 1. The van der Waals surface area contributed by atoms with E-state index in [4.69, 9.17) is 23.2 Å². The van der Waals surface area contributed by atoms with E-state index < -0.39 is 10.0 Å². The Morgan fingerprint density at radius 2 is 1.96 bits per heavy atom. The number of likely N-dealkylation sites (N-methyl/N-ethyl adjacent to an activating group) is 1. The van der Waals surface area contributed by atoms with Crippen LogP contribution < -0.4 is 10.2 Å². The van der Waals surface area contributed by atoms with Gasteiger partial charge in [-0.05, 0) is 32.0 Å². The molecular formula is C15H22Cl2N3O3S+. The van der Waals surface area contributed by atoms with E-state index in [9.17, 15) is 13.2 Å². The topological polar surface area (TPSA) is 70.9 Å². The van der Waals surface area contributed by atoms with Gasteiger partial charge in [0.15, 0.2) is 6.04 Å². The van der Waals surface area contributed by atoms with Crippen molar-refractivity contribution < 1.29 is 18.1 Å². The first-order valence-corrected chi connectivity index (χ1v) is 10.0. The number of hydrogen-bond donors (Lipinski definition) is 2. The van der Waals surface area contributed by atoms with E-state index in [0.29, 0.717) is 37.7 Å². The van der Waals surface area contributed by atoms with E-state index in [2.05, 4.69) is 5.32 Å². The number of nitrogens with zero attached hydrogens (tertiary/aromatic N) is 1. The minimum Gasteiger partial charge on any atom is -0.351 e. The van der Waals surface area contributed by atoms with Crippen molar-refractivity contribution >= 4 is 39.1 Å². The van der Waals surface area contributed by atoms with Crippen molar-refractivity contribution in [2.75, 3.05) is 32.7 Å². The number of nitrogens with one attached hydrogen (secondary N) is 2. The Morgan fingerprint density at radius 1 is 1.33 bits per heavy atom. The van der Waals surface area contributed by atoms with Crippen LogP contribution in [0.2, 0.25) is 10.0 Å². The summed E-state index contributed by atoms with van der Waals surface area (Å²) in [5, 5.41) is 3.28. The van der Waals surface area contributed by atoms with Crippen molar-refractivity contribution in [3.8, 4) is 0 Å². The van der Waals surface area contributed by atoms with Crippen molar-refractivity contribution in [2.24, 2.45) is 0 Å². The average molecular weight is 395 g/mol. The van der Waals surface area contributed by atoms with Gasteiger partial charge in [0, 0.05) is 11.6 Å². The second-order valence-electron chi connectivity index (χ2n) is 5.75. The van der Waals surface area contributed by atoms with Crippen molar-refractivity contribution in [1.29, 1.82) is 0 Å². The van der Waals surface area contributed by atoms with Crippen LogP contribution >= 0.6 is 23.2 Å². The van der Waals surface area contributed by atoms with Gasteiger partial charge in [-0.1, -0.05) is 23.2 Å². The molecule has 2 N–H and O–H groups in total. The molecule has 1 saturated heterocycles. The molecule has 0 radical (unpaired) electrons. The number of halogens is 2. The monoisotopic (exact) mass is 394 g/mol. The summed E-state index contributed by atoms with van der Waals surface area (Å²) in [5.74, 6) is -0.0123. The summed E-state index contributed by atoms with van der Waals surface area (Å²) in [5.41, 5.74) is 0. The van der Waals surface area contributed by atoms with Gasteiger partial charge in [0.05, 0.1) is 31.2 Å². The maximum absolute atomic E-state index is 12.8. The van der Waals surface area contributed by atoms with Gasteiger partial charge in [-0.2, -0.15) is 4.31 Å². The summed E-state index contributed by atoms with van der Waals surface area (Å²) in [6.07, 6.45) is 0. The standard InChI is InChI=1S/C15H21Cl2N3O3S/c1-3-18-15(21)11(2)19-6-8-20(9-7-19)24(22,23)14-10-12(16)4-5-13(14)17/h4-5,10-11H,3,6-9H2,1-2H3,(H,18,21)/p+1/t11-/m0/s1. The third-order valence-corrected chi connectivity index (χ3v) is 6.85.